The zero-order chi connectivity index (χ0) is 23.2. The minimum atomic E-state index is 0.626. The molecule has 0 amide bonds. The summed E-state index contributed by atoms with van der Waals surface area (Å²) >= 11 is 1.62. The van der Waals surface area contributed by atoms with Crippen LogP contribution in [0.4, 0.5) is 5.13 Å². The quantitative estimate of drug-likeness (QED) is 0.345. The molecule has 7 nitrogen and oxygen atoms in total. The van der Waals surface area contributed by atoms with E-state index in [0.717, 1.165) is 69.2 Å². The summed E-state index contributed by atoms with van der Waals surface area (Å²) < 4.78 is 12.7. The summed E-state index contributed by atoms with van der Waals surface area (Å²) in [6.45, 7) is 5.53. The molecule has 172 valence electrons. The molecule has 0 aliphatic heterocycles. The highest BCUT2D eigenvalue weighted by atomic mass is 32.1. The third kappa shape index (κ3) is 5.90. The van der Waals surface area contributed by atoms with Crippen molar-refractivity contribution in [3.05, 3.63) is 71.3 Å². The fourth-order valence-electron chi connectivity index (χ4n) is 3.62. The van der Waals surface area contributed by atoms with Crippen LogP contribution < -0.4 is 14.8 Å². The molecule has 4 rings (SSSR count). The number of hydrogen-bond acceptors (Lipinski definition) is 7. The Labute approximate surface area is 198 Å². The van der Waals surface area contributed by atoms with Gasteiger partial charge in [0.1, 0.15) is 17.2 Å². The van der Waals surface area contributed by atoms with Crippen LogP contribution >= 0.6 is 11.3 Å². The van der Waals surface area contributed by atoms with Crippen LogP contribution in [-0.2, 0) is 19.5 Å². The summed E-state index contributed by atoms with van der Waals surface area (Å²) in [5.41, 5.74) is 5.18. The van der Waals surface area contributed by atoms with E-state index >= 15 is 0 Å². The molecule has 0 spiro atoms. The van der Waals surface area contributed by atoms with E-state index in [1.54, 1.807) is 25.6 Å². The van der Waals surface area contributed by atoms with Crippen LogP contribution in [0, 0.1) is 13.8 Å². The van der Waals surface area contributed by atoms with Gasteiger partial charge in [-0.2, -0.15) is 5.10 Å². The van der Waals surface area contributed by atoms with Crippen molar-refractivity contribution in [2.24, 2.45) is 0 Å². The van der Waals surface area contributed by atoms with Gasteiger partial charge in [0.25, 0.3) is 0 Å². The van der Waals surface area contributed by atoms with Crippen molar-refractivity contribution in [1.82, 2.24) is 19.7 Å². The molecule has 0 radical (unpaired) electrons. The number of pyridine rings is 1. The predicted molar refractivity (Wildman–Crippen MR) is 132 cm³/mol. The second kappa shape index (κ2) is 10.5. The van der Waals surface area contributed by atoms with Crippen molar-refractivity contribution in [3.63, 3.8) is 0 Å². The van der Waals surface area contributed by atoms with Crippen molar-refractivity contribution in [2.45, 2.75) is 39.8 Å². The normalized spacial score (nSPS) is 10.9. The van der Waals surface area contributed by atoms with E-state index in [4.69, 9.17) is 19.6 Å². The van der Waals surface area contributed by atoms with Gasteiger partial charge < -0.3 is 14.8 Å². The molecule has 1 N–H and O–H groups in total. The Morgan fingerprint density at radius 1 is 1.00 bits per heavy atom. The van der Waals surface area contributed by atoms with Crippen molar-refractivity contribution in [2.75, 3.05) is 19.5 Å². The molecule has 3 heterocycles. The number of rotatable bonds is 10. The maximum absolute atomic E-state index is 5.36. The number of hydrogen-bond donors (Lipinski definition) is 1. The molecule has 0 fully saturated rings. The summed E-state index contributed by atoms with van der Waals surface area (Å²) in [6, 6.07) is 14.1. The standard InChI is InChI=1S/C25H29N5O2S/c1-17-7-5-8-20(27-17)9-6-11-30-12-10-23(29-30)24-18(2)28-25(33-24)26-16-19-13-21(31-3)15-22(14-19)32-4/h5,7-8,10,12-15H,6,9,11,16H2,1-4H3,(H,26,28). The van der Waals surface area contributed by atoms with Gasteiger partial charge in [-0.1, -0.05) is 17.4 Å². The maximum Gasteiger partial charge on any atom is 0.183 e. The van der Waals surface area contributed by atoms with Crippen molar-refractivity contribution in [1.29, 1.82) is 0 Å². The Kier molecular flexibility index (Phi) is 7.24. The van der Waals surface area contributed by atoms with Gasteiger partial charge in [0.05, 0.1) is 24.8 Å². The molecule has 8 heteroatoms. The minimum Gasteiger partial charge on any atom is -0.497 e. The molecule has 1 aromatic carbocycles. The van der Waals surface area contributed by atoms with Crippen LogP contribution in [0.3, 0.4) is 0 Å². The summed E-state index contributed by atoms with van der Waals surface area (Å²) in [4.78, 5) is 10.4. The van der Waals surface area contributed by atoms with Gasteiger partial charge in [-0.15, -0.1) is 0 Å². The van der Waals surface area contributed by atoms with Crippen LogP contribution in [0.25, 0.3) is 10.6 Å². The fourth-order valence-corrected chi connectivity index (χ4v) is 4.55. The Bertz CT molecular complexity index is 1190. The number of aromatic nitrogens is 4. The molecule has 0 aliphatic rings. The first-order valence-corrected chi connectivity index (χ1v) is 11.8. The highest BCUT2D eigenvalue weighted by molar-refractivity contribution is 7.19. The Balaban J connectivity index is 1.37. The molecule has 0 saturated heterocycles. The molecule has 0 atom stereocenters. The molecule has 0 bridgehead atoms. The van der Waals surface area contributed by atoms with E-state index in [9.17, 15) is 0 Å². The zero-order valence-corrected chi connectivity index (χ0v) is 20.3. The number of benzene rings is 1. The van der Waals surface area contributed by atoms with Gasteiger partial charge in [-0.05, 0) is 62.6 Å². The largest absolute Gasteiger partial charge is 0.497 e. The fraction of sp³-hybridized carbons (Fsp3) is 0.320. The summed E-state index contributed by atoms with van der Waals surface area (Å²) in [5, 5.41) is 9.05. The van der Waals surface area contributed by atoms with Gasteiger partial charge in [-0.3, -0.25) is 9.67 Å². The van der Waals surface area contributed by atoms with Gasteiger partial charge in [0.2, 0.25) is 0 Å². The van der Waals surface area contributed by atoms with Crippen LogP contribution in [-0.4, -0.2) is 34.0 Å². The molecule has 33 heavy (non-hydrogen) atoms. The number of thiazole rings is 1. The van der Waals surface area contributed by atoms with Crippen LogP contribution in [0.5, 0.6) is 11.5 Å². The van der Waals surface area contributed by atoms with Crippen molar-refractivity contribution >= 4 is 16.5 Å². The third-order valence-corrected chi connectivity index (χ3v) is 6.43. The highest BCUT2D eigenvalue weighted by Crippen LogP contribution is 2.32. The number of methoxy groups -OCH3 is 2. The van der Waals surface area contributed by atoms with E-state index in [1.165, 1.54) is 0 Å². The van der Waals surface area contributed by atoms with Gasteiger partial charge in [0.15, 0.2) is 5.13 Å². The Hall–Kier alpha value is -3.39. The topological polar surface area (TPSA) is 74.1 Å². The van der Waals surface area contributed by atoms with E-state index in [1.807, 2.05) is 49.0 Å². The van der Waals surface area contributed by atoms with Gasteiger partial charge in [-0.25, -0.2) is 4.98 Å². The average molecular weight is 464 g/mol. The average Bonchev–Trinajstić information content (AvgIpc) is 3.43. The smallest absolute Gasteiger partial charge is 0.183 e. The zero-order valence-electron chi connectivity index (χ0n) is 19.5. The maximum atomic E-state index is 5.36. The Morgan fingerprint density at radius 2 is 1.79 bits per heavy atom. The minimum absolute atomic E-state index is 0.626. The van der Waals surface area contributed by atoms with E-state index in [2.05, 4.69) is 28.5 Å². The first-order valence-electron chi connectivity index (χ1n) is 10.9. The molecule has 0 saturated carbocycles. The van der Waals surface area contributed by atoms with Gasteiger partial charge in [0, 0.05) is 36.7 Å². The molecule has 0 aliphatic carbocycles. The van der Waals surface area contributed by atoms with Crippen molar-refractivity contribution < 1.29 is 9.47 Å². The summed E-state index contributed by atoms with van der Waals surface area (Å²) in [5.74, 6) is 1.54. The second-order valence-electron chi connectivity index (χ2n) is 7.85. The SMILES string of the molecule is COc1cc(CNc2nc(C)c(-c3ccn(CCCc4cccc(C)n4)n3)s2)cc(OC)c1. The lowest BCUT2D eigenvalue weighted by Gasteiger charge is -2.08. The van der Waals surface area contributed by atoms with E-state index in [-0.39, 0.29) is 0 Å². The molecule has 4 aromatic rings. The number of aryl methyl sites for hydroxylation is 4. The lowest BCUT2D eigenvalue weighted by molar-refractivity contribution is 0.393. The summed E-state index contributed by atoms with van der Waals surface area (Å²) in [7, 11) is 3.31. The second-order valence-corrected chi connectivity index (χ2v) is 8.85. The van der Waals surface area contributed by atoms with Crippen LogP contribution in [0.15, 0.2) is 48.7 Å². The number of nitrogens with zero attached hydrogens (tertiary/aromatic N) is 4. The van der Waals surface area contributed by atoms with E-state index in [0.29, 0.717) is 6.54 Å². The van der Waals surface area contributed by atoms with Crippen LogP contribution in [0.2, 0.25) is 0 Å². The van der Waals surface area contributed by atoms with Crippen molar-refractivity contribution in [3.8, 4) is 22.1 Å². The monoisotopic (exact) mass is 463 g/mol. The third-order valence-electron chi connectivity index (χ3n) is 5.29. The predicted octanol–water partition coefficient (Wildman–Crippen LogP) is 5.28. The van der Waals surface area contributed by atoms with Gasteiger partial charge >= 0.3 is 0 Å². The summed E-state index contributed by atoms with van der Waals surface area (Å²) in [6.07, 6.45) is 3.98. The van der Waals surface area contributed by atoms with Crippen LogP contribution in [0.1, 0.15) is 29.1 Å². The molecule has 3 aromatic heterocycles. The highest BCUT2D eigenvalue weighted by Gasteiger charge is 2.13. The molecule has 0 unspecified atom stereocenters. The van der Waals surface area contributed by atoms with E-state index < -0.39 is 0 Å². The Morgan fingerprint density at radius 3 is 2.52 bits per heavy atom. The lowest BCUT2D eigenvalue weighted by atomic mass is 10.2. The molecular weight excluding hydrogens is 434 g/mol. The number of ether oxygens (including phenoxy) is 2. The number of nitrogens with one attached hydrogen (secondary N) is 1. The first-order chi connectivity index (χ1) is 16.0. The lowest BCUT2D eigenvalue weighted by Crippen LogP contribution is -2.01. The molecular formula is C25H29N5O2S. The number of anilines is 1. The first kappa shape index (κ1) is 22.8.